The molecule has 0 amide bonds. The number of rotatable bonds is 4. The van der Waals surface area contributed by atoms with E-state index in [2.05, 4.69) is 15.9 Å². The Morgan fingerprint density at radius 1 is 1.37 bits per heavy atom. The molecule has 1 aromatic carbocycles. The molecule has 0 aliphatic rings. The predicted octanol–water partition coefficient (Wildman–Crippen LogP) is 3.47. The van der Waals surface area contributed by atoms with Crippen LogP contribution in [0.4, 0.5) is 4.39 Å². The molecule has 0 bridgehead atoms. The summed E-state index contributed by atoms with van der Waals surface area (Å²) in [6.45, 7) is 0.251. The van der Waals surface area contributed by atoms with Gasteiger partial charge in [-0.3, -0.25) is 0 Å². The lowest BCUT2D eigenvalue weighted by molar-refractivity contribution is 0.466. The number of benzene rings is 1. The molecule has 0 fully saturated rings. The minimum atomic E-state index is -3.67. The van der Waals surface area contributed by atoms with Crippen LogP contribution >= 0.6 is 27.3 Å². The number of hydrogen-bond donors (Lipinski definition) is 0. The highest BCUT2D eigenvalue weighted by atomic mass is 79.9. The fraction of sp³-hybridized carbons (Fsp3) is 0.167. The average molecular weight is 364 g/mol. The summed E-state index contributed by atoms with van der Waals surface area (Å²) in [7, 11) is -2.19. The van der Waals surface area contributed by atoms with Gasteiger partial charge >= 0.3 is 0 Å². The van der Waals surface area contributed by atoms with Crippen molar-refractivity contribution in [1.82, 2.24) is 4.31 Å². The maximum atomic E-state index is 13.1. The summed E-state index contributed by atoms with van der Waals surface area (Å²) >= 11 is 4.82. The van der Waals surface area contributed by atoms with Crippen LogP contribution in [0, 0.1) is 5.82 Å². The molecule has 1 heterocycles. The number of sulfonamides is 1. The van der Waals surface area contributed by atoms with Crippen molar-refractivity contribution >= 4 is 37.3 Å². The maximum Gasteiger partial charge on any atom is 0.243 e. The van der Waals surface area contributed by atoms with Gasteiger partial charge in [-0.1, -0.05) is 6.07 Å². The van der Waals surface area contributed by atoms with Crippen molar-refractivity contribution in [1.29, 1.82) is 0 Å². The van der Waals surface area contributed by atoms with Crippen LogP contribution in [0.1, 0.15) is 5.56 Å². The topological polar surface area (TPSA) is 37.4 Å². The molecule has 2 aromatic rings. The molecule has 0 saturated heterocycles. The fourth-order valence-corrected chi connectivity index (χ4v) is 3.97. The van der Waals surface area contributed by atoms with E-state index in [0.717, 1.165) is 15.4 Å². The lowest BCUT2D eigenvalue weighted by Crippen LogP contribution is -2.26. The summed E-state index contributed by atoms with van der Waals surface area (Å²) in [5.41, 5.74) is 0.888. The van der Waals surface area contributed by atoms with Gasteiger partial charge in [0.05, 0.1) is 8.68 Å². The van der Waals surface area contributed by atoms with Crippen molar-refractivity contribution in [3.05, 3.63) is 50.9 Å². The molecular weight excluding hydrogens is 353 g/mol. The normalized spacial score (nSPS) is 12.0. The molecule has 0 spiro atoms. The molecule has 102 valence electrons. The molecule has 0 radical (unpaired) electrons. The fourth-order valence-electron chi connectivity index (χ4n) is 1.58. The van der Waals surface area contributed by atoms with Gasteiger partial charge in [-0.25, -0.2) is 12.8 Å². The second-order valence-corrected chi connectivity index (χ2v) is 8.31. The van der Waals surface area contributed by atoms with Gasteiger partial charge in [0.15, 0.2) is 0 Å². The molecule has 0 saturated carbocycles. The first-order valence-corrected chi connectivity index (χ1v) is 8.45. The van der Waals surface area contributed by atoms with E-state index in [1.165, 1.54) is 40.9 Å². The highest BCUT2D eigenvalue weighted by Gasteiger charge is 2.21. The molecular formula is C12H11BrFNO2S2. The van der Waals surface area contributed by atoms with Crippen molar-refractivity contribution < 1.29 is 12.8 Å². The number of nitrogens with zero attached hydrogens (tertiary/aromatic N) is 1. The zero-order chi connectivity index (χ0) is 14.0. The summed E-state index contributed by atoms with van der Waals surface area (Å²) in [5, 5.41) is 1.88. The van der Waals surface area contributed by atoms with Crippen LogP contribution < -0.4 is 0 Å². The van der Waals surface area contributed by atoms with Gasteiger partial charge in [0.25, 0.3) is 0 Å². The maximum absolute atomic E-state index is 13.1. The average Bonchev–Trinajstić information content (AvgIpc) is 2.74. The molecule has 1 aromatic heterocycles. The van der Waals surface area contributed by atoms with Crippen molar-refractivity contribution in [2.45, 2.75) is 11.4 Å². The first-order valence-electron chi connectivity index (χ1n) is 5.34. The summed E-state index contributed by atoms with van der Waals surface area (Å²) < 4.78 is 39.7. The Morgan fingerprint density at radius 2 is 2.11 bits per heavy atom. The van der Waals surface area contributed by atoms with Gasteiger partial charge < -0.3 is 0 Å². The molecule has 0 atom stereocenters. The lowest BCUT2D eigenvalue weighted by atomic mass is 10.3. The SMILES string of the molecule is CN(Cc1csc(Br)c1)S(=O)(=O)c1cccc(F)c1. The molecule has 0 aliphatic heterocycles. The molecule has 3 nitrogen and oxygen atoms in total. The summed E-state index contributed by atoms with van der Waals surface area (Å²) in [6, 6.07) is 6.88. The van der Waals surface area contributed by atoms with Crippen molar-refractivity contribution in [3.8, 4) is 0 Å². The van der Waals surface area contributed by atoms with E-state index in [4.69, 9.17) is 0 Å². The minimum absolute atomic E-state index is 0.0377. The van der Waals surface area contributed by atoms with Crippen molar-refractivity contribution in [3.63, 3.8) is 0 Å². The summed E-state index contributed by atoms with van der Waals surface area (Å²) in [6.07, 6.45) is 0. The van der Waals surface area contributed by atoms with Gasteiger partial charge in [0.1, 0.15) is 5.82 Å². The van der Waals surface area contributed by atoms with E-state index in [-0.39, 0.29) is 11.4 Å². The summed E-state index contributed by atoms with van der Waals surface area (Å²) in [4.78, 5) is -0.0377. The van der Waals surface area contributed by atoms with Gasteiger partial charge in [-0.05, 0) is 51.1 Å². The van der Waals surface area contributed by atoms with E-state index in [9.17, 15) is 12.8 Å². The first kappa shape index (κ1) is 14.6. The van der Waals surface area contributed by atoms with E-state index < -0.39 is 15.8 Å². The third kappa shape index (κ3) is 3.42. The Balaban J connectivity index is 2.24. The molecule has 0 aliphatic carbocycles. The standard InChI is InChI=1S/C12H11BrFNO2S2/c1-15(7-9-5-12(13)18-8-9)19(16,17)11-4-2-3-10(14)6-11/h2-6,8H,7H2,1H3. The van der Waals surface area contributed by atoms with Crippen LogP contribution in [0.2, 0.25) is 0 Å². The molecule has 0 unspecified atom stereocenters. The van der Waals surface area contributed by atoms with Crippen molar-refractivity contribution in [2.75, 3.05) is 7.05 Å². The third-order valence-corrected chi connectivity index (χ3v) is 5.88. The van der Waals surface area contributed by atoms with E-state index in [1.54, 1.807) is 0 Å². The van der Waals surface area contributed by atoms with Gasteiger partial charge in [-0.2, -0.15) is 4.31 Å². The van der Waals surface area contributed by atoms with Crippen LogP contribution in [0.5, 0.6) is 0 Å². The highest BCUT2D eigenvalue weighted by Crippen LogP contribution is 2.23. The molecule has 7 heteroatoms. The molecule has 2 rings (SSSR count). The van der Waals surface area contributed by atoms with E-state index in [0.29, 0.717) is 0 Å². The predicted molar refractivity (Wildman–Crippen MR) is 77.1 cm³/mol. The Kier molecular flexibility index (Phi) is 4.39. The zero-order valence-electron chi connectivity index (χ0n) is 10.0. The Bertz CT molecular complexity index is 685. The Morgan fingerprint density at radius 3 is 2.68 bits per heavy atom. The lowest BCUT2D eigenvalue weighted by Gasteiger charge is -2.16. The van der Waals surface area contributed by atoms with Crippen LogP contribution in [-0.2, 0) is 16.6 Å². The van der Waals surface area contributed by atoms with E-state index >= 15 is 0 Å². The number of halogens is 2. The number of hydrogen-bond acceptors (Lipinski definition) is 3. The largest absolute Gasteiger partial charge is 0.243 e. The third-order valence-electron chi connectivity index (χ3n) is 2.53. The zero-order valence-corrected chi connectivity index (χ0v) is 13.2. The van der Waals surface area contributed by atoms with Gasteiger partial charge in [0.2, 0.25) is 10.0 Å². The van der Waals surface area contributed by atoms with E-state index in [1.807, 2.05) is 11.4 Å². The Hall–Kier alpha value is -0.760. The van der Waals surface area contributed by atoms with Crippen molar-refractivity contribution in [2.24, 2.45) is 0 Å². The van der Waals surface area contributed by atoms with Gasteiger partial charge in [0, 0.05) is 13.6 Å². The second kappa shape index (κ2) is 5.70. The van der Waals surface area contributed by atoms with Crippen LogP contribution in [0.3, 0.4) is 0 Å². The highest BCUT2D eigenvalue weighted by molar-refractivity contribution is 9.11. The number of thiophene rings is 1. The summed E-state index contributed by atoms with van der Waals surface area (Å²) in [5.74, 6) is -0.562. The van der Waals surface area contributed by atoms with Crippen LogP contribution in [-0.4, -0.2) is 19.8 Å². The minimum Gasteiger partial charge on any atom is -0.207 e. The smallest absolute Gasteiger partial charge is 0.207 e. The van der Waals surface area contributed by atoms with Crippen LogP contribution in [0.25, 0.3) is 0 Å². The monoisotopic (exact) mass is 363 g/mol. The van der Waals surface area contributed by atoms with Gasteiger partial charge in [-0.15, -0.1) is 11.3 Å². The Labute approximate surface area is 123 Å². The quantitative estimate of drug-likeness (QED) is 0.833. The molecule has 0 N–H and O–H groups in total. The van der Waals surface area contributed by atoms with Crippen LogP contribution in [0.15, 0.2) is 44.4 Å². The first-order chi connectivity index (χ1) is 8.89. The molecule has 19 heavy (non-hydrogen) atoms. The second-order valence-electron chi connectivity index (χ2n) is 3.98.